The van der Waals surface area contributed by atoms with Crippen molar-refractivity contribution >= 4 is 23.7 Å². The number of nitrogen functional groups attached to an aromatic ring is 2. The van der Waals surface area contributed by atoms with E-state index >= 15 is 0 Å². The van der Waals surface area contributed by atoms with Crippen LogP contribution < -0.4 is 11.5 Å². The average Bonchev–Trinajstić information content (AvgIpc) is 2.96. The van der Waals surface area contributed by atoms with Gasteiger partial charge in [-0.15, -0.1) is 10.2 Å². The van der Waals surface area contributed by atoms with E-state index in [2.05, 4.69) is 32.1 Å². The minimum absolute atomic E-state index is 0.0921. The summed E-state index contributed by atoms with van der Waals surface area (Å²) >= 11 is 1.31. The molecule has 0 saturated carbocycles. The molecule has 4 N–H and O–H groups in total. The summed E-state index contributed by atoms with van der Waals surface area (Å²) in [5, 5.41) is 8.51. The molecular weight excluding hydrogens is 314 g/mol. The Morgan fingerprint density at radius 3 is 2.43 bits per heavy atom. The molecule has 118 valence electrons. The molecule has 8 nitrogen and oxygen atoms in total. The summed E-state index contributed by atoms with van der Waals surface area (Å²) in [6.07, 6.45) is 0. The van der Waals surface area contributed by atoms with Gasteiger partial charge in [0.2, 0.25) is 17.8 Å². The van der Waals surface area contributed by atoms with Crippen LogP contribution in [-0.2, 0) is 5.75 Å². The Bertz CT molecular complexity index is 829. The van der Waals surface area contributed by atoms with Crippen molar-refractivity contribution in [2.45, 2.75) is 24.8 Å². The first-order chi connectivity index (χ1) is 11.0. The molecule has 0 fully saturated rings. The average molecular weight is 329 g/mol. The first kappa shape index (κ1) is 15.2. The lowest BCUT2D eigenvalue weighted by Gasteiger charge is -2.01. The number of nitrogens with two attached hydrogens (primary N) is 2. The first-order valence-electron chi connectivity index (χ1n) is 6.81. The summed E-state index contributed by atoms with van der Waals surface area (Å²) in [5.74, 6) is 1.53. The number of aromatic nitrogens is 5. The highest BCUT2D eigenvalue weighted by Crippen LogP contribution is 2.26. The van der Waals surface area contributed by atoms with Crippen molar-refractivity contribution in [2.75, 3.05) is 11.5 Å². The Hall–Kier alpha value is -2.68. The van der Waals surface area contributed by atoms with Gasteiger partial charge in [-0.2, -0.15) is 15.0 Å². The summed E-state index contributed by atoms with van der Waals surface area (Å²) < 4.78 is 5.65. The molecule has 23 heavy (non-hydrogen) atoms. The fraction of sp³-hybridized carbons (Fsp3) is 0.214. The molecule has 0 aliphatic rings. The van der Waals surface area contributed by atoms with E-state index in [4.69, 9.17) is 15.9 Å². The van der Waals surface area contributed by atoms with Crippen molar-refractivity contribution in [3.8, 4) is 11.5 Å². The number of nitrogens with zero attached hydrogens (tertiary/aromatic N) is 5. The van der Waals surface area contributed by atoms with Crippen molar-refractivity contribution in [3.63, 3.8) is 0 Å². The molecular formula is C14H15N7OS. The Labute approximate surface area is 136 Å². The van der Waals surface area contributed by atoms with Gasteiger partial charge in [0.15, 0.2) is 0 Å². The predicted molar refractivity (Wildman–Crippen MR) is 87.4 cm³/mol. The van der Waals surface area contributed by atoms with Crippen molar-refractivity contribution in [1.29, 1.82) is 0 Å². The monoisotopic (exact) mass is 329 g/mol. The number of aryl methyl sites for hydroxylation is 2. The van der Waals surface area contributed by atoms with Gasteiger partial charge in [-0.05, 0) is 37.1 Å². The number of thioether (sulfide) groups is 1. The van der Waals surface area contributed by atoms with E-state index in [1.54, 1.807) is 0 Å². The molecule has 3 aromatic rings. The van der Waals surface area contributed by atoms with Crippen LogP contribution in [0.5, 0.6) is 0 Å². The number of rotatable bonds is 4. The van der Waals surface area contributed by atoms with Crippen LogP contribution in [0.2, 0.25) is 0 Å². The second kappa shape index (κ2) is 6.21. The van der Waals surface area contributed by atoms with Crippen LogP contribution in [0.4, 0.5) is 11.9 Å². The van der Waals surface area contributed by atoms with Crippen LogP contribution in [0.1, 0.15) is 17.0 Å². The van der Waals surface area contributed by atoms with E-state index in [0.717, 1.165) is 5.56 Å². The molecule has 2 aromatic heterocycles. The van der Waals surface area contributed by atoms with Gasteiger partial charge in [-0.3, -0.25) is 0 Å². The van der Waals surface area contributed by atoms with E-state index in [1.165, 1.54) is 22.9 Å². The van der Waals surface area contributed by atoms with Gasteiger partial charge in [0, 0.05) is 5.56 Å². The molecule has 0 saturated heterocycles. The number of anilines is 2. The third kappa shape index (κ3) is 3.57. The second-order valence-corrected chi connectivity index (χ2v) is 5.86. The molecule has 0 spiro atoms. The van der Waals surface area contributed by atoms with E-state index in [-0.39, 0.29) is 11.9 Å². The number of hydrogen-bond donors (Lipinski definition) is 2. The SMILES string of the molecule is Cc1ccc(-c2nnc(SCc3nc(N)nc(N)n3)o2)cc1C. The lowest BCUT2D eigenvalue weighted by Crippen LogP contribution is -2.05. The van der Waals surface area contributed by atoms with Gasteiger partial charge in [-0.1, -0.05) is 17.8 Å². The van der Waals surface area contributed by atoms with Crippen LogP contribution in [0.25, 0.3) is 11.5 Å². The maximum atomic E-state index is 5.65. The normalized spacial score (nSPS) is 10.9. The lowest BCUT2D eigenvalue weighted by atomic mass is 10.1. The zero-order chi connectivity index (χ0) is 16.4. The first-order valence-corrected chi connectivity index (χ1v) is 7.79. The molecule has 1 aromatic carbocycles. The smallest absolute Gasteiger partial charge is 0.277 e. The van der Waals surface area contributed by atoms with Crippen molar-refractivity contribution in [3.05, 3.63) is 35.2 Å². The van der Waals surface area contributed by atoms with E-state index < -0.39 is 0 Å². The van der Waals surface area contributed by atoms with Gasteiger partial charge >= 0.3 is 0 Å². The van der Waals surface area contributed by atoms with Crippen LogP contribution in [0, 0.1) is 13.8 Å². The quantitative estimate of drug-likeness (QED) is 0.690. The molecule has 0 aliphatic carbocycles. The van der Waals surface area contributed by atoms with Crippen LogP contribution in [0.15, 0.2) is 27.8 Å². The fourth-order valence-electron chi connectivity index (χ4n) is 1.91. The standard InChI is InChI=1S/C14H15N7OS/c1-7-3-4-9(5-8(7)2)11-20-21-14(22-11)23-6-10-17-12(15)19-13(16)18-10/h3-5H,6H2,1-2H3,(H4,15,16,17,18,19). The van der Waals surface area contributed by atoms with E-state index in [1.807, 2.05) is 25.1 Å². The molecule has 9 heteroatoms. The molecule has 3 rings (SSSR count). The summed E-state index contributed by atoms with van der Waals surface area (Å²) in [6.45, 7) is 4.10. The maximum Gasteiger partial charge on any atom is 0.277 e. The highest BCUT2D eigenvalue weighted by atomic mass is 32.2. The van der Waals surface area contributed by atoms with Gasteiger partial charge in [0.05, 0.1) is 5.75 Å². The van der Waals surface area contributed by atoms with Crippen molar-refractivity contribution in [1.82, 2.24) is 25.1 Å². The summed E-state index contributed by atoms with van der Waals surface area (Å²) in [4.78, 5) is 11.7. The molecule has 0 aliphatic heterocycles. The van der Waals surface area contributed by atoms with Gasteiger partial charge in [0.1, 0.15) is 5.82 Å². The second-order valence-electron chi connectivity index (χ2n) is 4.93. The number of hydrogen-bond acceptors (Lipinski definition) is 9. The topological polar surface area (TPSA) is 130 Å². The van der Waals surface area contributed by atoms with Crippen molar-refractivity contribution in [2.24, 2.45) is 0 Å². The van der Waals surface area contributed by atoms with Crippen LogP contribution >= 0.6 is 11.8 Å². The highest BCUT2D eigenvalue weighted by molar-refractivity contribution is 7.98. The molecule has 0 amide bonds. The third-order valence-electron chi connectivity index (χ3n) is 3.20. The molecule has 0 bridgehead atoms. The van der Waals surface area contributed by atoms with Crippen molar-refractivity contribution < 1.29 is 4.42 Å². The highest BCUT2D eigenvalue weighted by Gasteiger charge is 2.11. The largest absolute Gasteiger partial charge is 0.411 e. The van der Waals surface area contributed by atoms with Crippen LogP contribution in [0.3, 0.4) is 0 Å². The maximum absolute atomic E-state index is 5.65. The Morgan fingerprint density at radius 2 is 1.74 bits per heavy atom. The Kier molecular flexibility index (Phi) is 4.11. The zero-order valence-corrected chi connectivity index (χ0v) is 13.5. The van der Waals surface area contributed by atoms with Gasteiger partial charge in [-0.25, -0.2) is 0 Å². The minimum Gasteiger partial charge on any atom is -0.411 e. The zero-order valence-electron chi connectivity index (χ0n) is 12.6. The van der Waals surface area contributed by atoms with E-state index in [9.17, 15) is 0 Å². The van der Waals surface area contributed by atoms with Gasteiger partial charge < -0.3 is 15.9 Å². The van der Waals surface area contributed by atoms with Crippen LogP contribution in [-0.4, -0.2) is 25.1 Å². The summed E-state index contributed by atoms with van der Waals surface area (Å²) in [7, 11) is 0. The predicted octanol–water partition coefficient (Wildman–Crippen LogP) is 2.00. The number of benzene rings is 1. The molecule has 0 unspecified atom stereocenters. The molecule has 2 heterocycles. The Balaban J connectivity index is 1.73. The third-order valence-corrected chi connectivity index (χ3v) is 4.02. The Morgan fingerprint density at radius 1 is 1.00 bits per heavy atom. The minimum atomic E-state index is 0.0921. The fourth-order valence-corrected chi connectivity index (χ4v) is 2.52. The summed E-state index contributed by atoms with van der Waals surface area (Å²) in [6, 6.07) is 6.00. The summed E-state index contributed by atoms with van der Waals surface area (Å²) in [5.41, 5.74) is 14.3. The van der Waals surface area contributed by atoms with Gasteiger partial charge in [0.25, 0.3) is 5.22 Å². The van der Waals surface area contributed by atoms with E-state index in [0.29, 0.717) is 22.7 Å². The lowest BCUT2D eigenvalue weighted by molar-refractivity contribution is 0.465. The molecule has 0 radical (unpaired) electrons. The molecule has 0 atom stereocenters.